The van der Waals surface area contributed by atoms with Crippen molar-refractivity contribution in [1.29, 1.82) is 0 Å². The van der Waals surface area contributed by atoms with E-state index in [0.29, 0.717) is 12.1 Å². The number of halogens is 1. The van der Waals surface area contributed by atoms with Gasteiger partial charge in [0.1, 0.15) is 16.8 Å². The first-order valence-electron chi connectivity index (χ1n) is 10.1. The molecule has 1 aliphatic rings. The van der Waals surface area contributed by atoms with Crippen LogP contribution < -0.4 is 5.32 Å². The number of nitrogens with one attached hydrogen (secondary N) is 1. The van der Waals surface area contributed by atoms with Crippen molar-refractivity contribution >= 4 is 45.1 Å². The molecule has 0 aliphatic carbocycles. The van der Waals surface area contributed by atoms with Gasteiger partial charge in [-0.05, 0) is 43.4 Å². The van der Waals surface area contributed by atoms with Gasteiger partial charge in [-0.25, -0.2) is 12.8 Å². The van der Waals surface area contributed by atoms with Gasteiger partial charge in [-0.1, -0.05) is 18.2 Å². The summed E-state index contributed by atoms with van der Waals surface area (Å²) in [5.41, 5.74) is 0.691. The molecule has 8 nitrogen and oxygen atoms in total. The molecule has 0 aromatic heterocycles. The summed E-state index contributed by atoms with van der Waals surface area (Å²) >= 11 is 1.39. The van der Waals surface area contributed by atoms with Crippen molar-refractivity contribution in [1.82, 2.24) is 4.31 Å². The first-order valence-corrected chi connectivity index (χ1v) is 12.7. The van der Waals surface area contributed by atoms with Gasteiger partial charge in [0.05, 0.1) is 5.69 Å². The van der Waals surface area contributed by atoms with Gasteiger partial charge in [0, 0.05) is 23.9 Å². The molecule has 1 N–H and O–H groups in total. The number of hydrogen-bond acceptors (Lipinski definition) is 7. The molecule has 0 spiro atoms. The summed E-state index contributed by atoms with van der Waals surface area (Å²) in [6.45, 7) is 0.796. The van der Waals surface area contributed by atoms with E-state index < -0.39 is 45.1 Å². The van der Waals surface area contributed by atoms with Gasteiger partial charge in [-0.3, -0.25) is 14.4 Å². The summed E-state index contributed by atoms with van der Waals surface area (Å²) in [6, 6.07) is 8.52. The number of carbonyl (C=O) groups excluding carboxylic acids is 3. The van der Waals surface area contributed by atoms with E-state index >= 15 is 0 Å². The average molecular weight is 495 g/mol. The molecule has 11 heteroatoms. The zero-order valence-electron chi connectivity index (χ0n) is 18.0. The fourth-order valence-corrected chi connectivity index (χ4v) is 5.78. The Balaban J connectivity index is 1.71. The standard InChI is InChI=1S/C22H23FN2O6S2/c1-14(26)24-17-12-15(9-10-20(17)32-2)19(27)13-31-22(28)18-7-5-11-25(18)33(29,30)21-8-4-3-6-16(21)23/h3-4,6,8-10,12,18H,5,7,11,13H2,1-2H3,(H,24,26)/t18-/m0/s1. The largest absolute Gasteiger partial charge is 0.456 e. The third kappa shape index (κ3) is 5.60. The van der Waals surface area contributed by atoms with Crippen LogP contribution >= 0.6 is 11.8 Å². The van der Waals surface area contributed by atoms with E-state index in [1.807, 2.05) is 6.26 Å². The van der Waals surface area contributed by atoms with Crippen LogP contribution in [0.15, 0.2) is 52.3 Å². The van der Waals surface area contributed by atoms with Crippen LogP contribution in [0.1, 0.15) is 30.1 Å². The number of rotatable bonds is 8. The van der Waals surface area contributed by atoms with Crippen LogP contribution in [-0.4, -0.2) is 55.8 Å². The summed E-state index contributed by atoms with van der Waals surface area (Å²) in [7, 11) is -4.25. The lowest BCUT2D eigenvalue weighted by atomic mass is 10.1. The number of nitrogens with zero attached hydrogens (tertiary/aromatic N) is 1. The predicted octanol–water partition coefficient (Wildman–Crippen LogP) is 3.09. The fraction of sp³-hybridized carbons (Fsp3) is 0.318. The maximum absolute atomic E-state index is 14.1. The molecule has 33 heavy (non-hydrogen) atoms. The molecule has 1 aliphatic heterocycles. The quantitative estimate of drug-likeness (QED) is 0.341. The van der Waals surface area contributed by atoms with E-state index in [1.165, 1.54) is 36.9 Å². The van der Waals surface area contributed by atoms with Gasteiger partial charge in [-0.2, -0.15) is 4.31 Å². The van der Waals surface area contributed by atoms with Crippen LogP contribution in [0.4, 0.5) is 10.1 Å². The second-order valence-electron chi connectivity index (χ2n) is 7.33. The van der Waals surface area contributed by atoms with E-state index in [2.05, 4.69) is 5.32 Å². The second kappa shape index (κ2) is 10.4. The molecule has 0 radical (unpaired) electrons. The normalized spacial score (nSPS) is 16.4. The van der Waals surface area contributed by atoms with Crippen LogP contribution in [-0.2, 0) is 24.3 Å². The molecule has 1 fully saturated rings. The highest BCUT2D eigenvalue weighted by Crippen LogP contribution is 2.29. The number of ether oxygens (including phenoxy) is 1. The van der Waals surface area contributed by atoms with E-state index in [1.54, 1.807) is 12.1 Å². The Morgan fingerprint density at radius 3 is 2.61 bits per heavy atom. The molecule has 0 saturated carbocycles. The van der Waals surface area contributed by atoms with Crippen LogP contribution in [0.5, 0.6) is 0 Å². The highest BCUT2D eigenvalue weighted by atomic mass is 32.2. The highest BCUT2D eigenvalue weighted by molar-refractivity contribution is 7.98. The van der Waals surface area contributed by atoms with Crippen molar-refractivity contribution in [2.24, 2.45) is 0 Å². The Morgan fingerprint density at radius 2 is 1.94 bits per heavy atom. The number of hydrogen-bond donors (Lipinski definition) is 1. The van der Waals surface area contributed by atoms with Gasteiger partial charge in [0.2, 0.25) is 15.9 Å². The van der Waals surface area contributed by atoms with E-state index in [9.17, 15) is 27.2 Å². The van der Waals surface area contributed by atoms with Crippen LogP contribution in [0.25, 0.3) is 0 Å². The second-order valence-corrected chi connectivity index (χ2v) is 10.0. The summed E-state index contributed by atoms with van der Waals surface area (Å²) in [6.07, 6.45) is 2.43. The zero-order chi connectivity index (χ0) is 24.2. The van der Waals surface area contributed by atoms with Gasteiger partial charge >= 0.3 is 5.97 Å². The van der Waals surface area contributed by atoms with Crippen molar-refractivity contribution in [2.75, 3.05) is 24.7 Å². The number of ketones is 1. The lowest BCUT2D eigenvalue weighted by Crippen LogP contribution is -2.42. The van der Waals surface area contributed by atoms with Crippen molar-refractivity contribution in [3.05, 3.63) is 53.8 Å². The predicted molar refractivity (Wildman–Crippen MR) is 121 cm³/mol. The maximum Gasteiger partial charge on any atom is 0.324 e. The molecule has 1 atom stereocenters. The molecule has 2 aromatic carbocycles. The number of amides is 1. The number of sulfonamides is 1. The molecular formula is C22H23FN2O6S2. The highest BCUT2D eigenvalue weighted by Gasteiger charge is 2.41. The molecule has 1 heterocycles. The van der Waals surface area contributed by atoms with Crippen molar-refractivity contribution in [3.63, 3.8) is 0 Å². The minimum Gasteiger partial charge on any atom is -0.456 e. The summed E-state index contributed by atoms with van der Waals surface area (Å²) in [5, 5.41) is 2.65. The van der Waals surface area contributed by atoms with Crippen molar-refractivity contribution in [3.8, 4) is 0 Å². The molecule has 176 valence electrons. The molecule has 1 saturated heterocycles. The smallest absolute Gasteiger partial charge is 0.324 e. The number of carbonyl (C=O) groups is 3. The van der Waals surface area contributed by atoms with Crippen LogP contribution in [0.3, 0.4) is 0 Å². The lowest BCUT2D eigenvalue weighted by molar-refractivity contribution is -0.146. The molecular weight excluding hydrogens is 471 g/mol. The first kappa shape index (κ1) is 24.9. The average Bonchev–Trinajstić information content (AvgIpc) is 3.28. The SMILES string of the molecule is CSc1ccc(C(=O)COC(=O)[C@@H]2CCCN2S(=O)(=O)c2ccccc2F)cc1NC(C)=O. The van der Waals surface area contributed by atoms with Crippen LogP contribution in [0.2, 0.25) is 0 Å². The van der Waals surface area contributed by atoms with E-state index in [4.69, 9.17) is 4.74 Å². The number of anilines is 1. The van der Waals surface area contributed by atoms with Crippen LogP contribution in [0, 0.1) is 5.82 Å². The molecule has 0 bridgehead atoms. The Labute approximate surface area is 195 Å². The summed E-state index contributed by atoms with van der Waals surface area (Å²) in [4.78, 5) is 36.9. The Hall–Kier alpha value is -2.76. The Kier molecular flexibility index (Phi) is 7.88. The zero-order valence-corrected chi connectivity index (χ0v) is 19.7. The number of benzene rings is 2. The molecule has 0 unspecified atom stereocenters. The summed E-state index contributed by atoms with van der Waals surface area (Å²) in [5.74, 6) is -2.58. The maximum atomic E-state index is 14.1. The fourth-order valence-electron chi connectivity index (χ4n) is 3.53. The first-order chi connectivity index (χ1) is 15.6. The van der Waals surface area contributed by atoms with Gasteiger partial charge in [-0.15, -0.1) is 11.8 Å². The Morgan fingerprint density at radius 1 is 1.21 bits per heavy atom. The van der Waals surface area contributed by atoms with Gasteiger partial charge < -0.3 is 10.1 Å². The van der Waals surface area contributed by atoms with Gasteiger partial charge in [0.15, 0.2) is 12.4 Å². The van der Waals surface area contributed by atoms with Gasteiger partial charge in [0.25, 0.3) is 0 Å². The van der Waals surface area contributed by atoms with E-state index in [-0.39, 0.29) is 24.4 Å². The molecule has 3 rings (SSSR count). The van der Waals surface area contributed by atoms with Crippen molar-refractivity contribution < 1.29 is 31.9 Å². The number of Topliss-reactive ketones (excluding diaryl/α,β-unsaturated/α-hetero) is 1. The third-order valence-electron chi connectivity index (χ3n) is 5.08. The number of thioether (sulfide) groups is 1. The summed E-state index contributed by atoms with van der Waals surface area (Å²) < 4.78 is 45.9. The van der Waals surface area contributed by atoms with E-state index in [0.717, 1.165) is 21.3 Å². The monoisotopic (exact) mass is 494 g/mol. The Bertz CT molecular complexity index is 1190. The number of esters is 1. The third-order valence-corrected chi connectivity index (χ3v) is 7.81. The topological polar surface area (TPSA) is 110 Å². The minimum absolute atomic E-state index is 0.0423. The minimum atomic E-state index is -4.25. The molecule has 1 amide bonds. The van der Waals surface area contributed by atoms with Crippen molar-refractivity contribution in [2.45, 2.75) is 35.6 Å². The molecule has 2 aromatic rings. The lowest BCUT2D eigenvalue weighted by Gasteiger charge is -2.22.